The molecule has 108 valence electrons. The van der Waals surface area contributed by atoms with Crippen molar-refractivity contribution in [3.05, 3.63) is 35.4 Å². The minimum absolute atomic E-state index is 0. The van der Waals surface area contributed by atoms with Gasteiger partial charge in [-0.3, -0.25) is 4.79 Å². The van der Waals surface area contributed by atoms with E-state index in [0.717, 1.165) is 12.5 Å². The third-order valence-electron chi connectivity index (χ3n) is 2.49. The van der Waals surface area contributed by atoms with Gasteiger partial charge in [-0.1, -0.05) is 12.1 Å². The van der Waals surface area contributed by atoms with Crippen LogP contribution < -0.4 is 11.1 Å². The summed E-state index contributed by atoms with van der Waals surface area (Å²) in [6, 6.07) is 4.47. The second-order valence-corrected chi connectivity index (χ2v) is 3.97. The molecule has 1 atom stereocenters. The maximum Gasteiger partial charge on any atom is 0.408 e. The van der Waals surface area contributed by atoms with Crippen molar-refractivity contribution in [2.24, 2.45) is 5.73 Å². The van der Waals surface area contributed by atoms with Gasteiger partial charge in [-0.05, 0) is 37.6 Å². The fourth-order valence-electron chi connectivity index (χ4n) is 1.35. The molecule has 0 radical (unpaired) electrons. The highest BCUT2D eigenvalue weighted by molar-refractivity contribution is 5.94. The number of hydrogen-bond donors (Lipinski definition) is 2. The number of rotatable bonds is 4. The van der Waals surface area contributed by atoms with Crippen molar-refractivity contribution in [3.8, 4) is 0 Å². The zero-order valence-corrected chi connectivity index (χ0v) is 11.1. The fraction of sp³-hybridized carbons (Fsp3) is 0.417. The first-order valence-corrected chi connectivity index (χ1v) is 5.51. The van der Waals surface area contributed by atoms with Crippen molar-refractivity contribution in [2.75, 3.05) is 6.54 Å². The van der Waals surface area contributed by atoms with Crippen LogP contribution in [0.25, 0.3) is 0 Å². The summed E-state index contributed by atoms with van der Waals surface area (Å²) in [7, 11) is 0. The van der Waals surface area contributed by atoms with Crippen LogP contribution in [-0.4, -0.2) is 24.7 Å². The summed E-state index contributed by atoms with van der Waals surface area (Å²) in [6.45, 7) is 1.39. The van der Waals surface area contributed by atoms with Gasteiger partial charge in [0.25, 0.3) is 5.91 Å². The van der Waals surface area contributed by atoms with Crippen LogP contribution >= 0.6 is 12.4 Å². The average molecular weight is 297 g/mol. The normalized spacial score (nSPS) is 12.5. The summed E-state index contributed by atoms with van der Waals surface area (Å²) in [5.41, 5.74) is 6.51. The molecule has 0 spiro atoms. The molecule has 0 aromatic heterocycles. The average Bonchev–Trinajstić information content (AvgIpc) is 2.29. The predicted molar refractivity (Wildman–Crippen MR) is 69.4 cm³/mol. The van der Waals surface area contributed by atoms with Crippen molar-refractivity contribution < 1.29 is 18.0 Å². The van der Waals surface area contributed by atoms with Gasteiger partial charge < -0.3 is 11.1 Å². The monoisotopic (exact) mass is 296 g/mol. The quantitative estimate of drug-likeness (QED) is 0.896. The van der Waals surface area contributed by atoms with E-state index >= 15 is 0 Å². The third-order valence-corrected chi connectivity index (χ3v) is 2.49. The lowest BCUT2D eigenvalue weighted by Crippen LogP contribution is -2.43. The predicted octanol–water partition coefficient (Wildman–Crippen LogP) is 2.29. The van der Waals surface area contributed by atoms with E-state index < -0.39 is 18.1 Å². The van der Waals surface area contributed by atoms with Crippen LogP contribution in [0.15, 0.2) is 24.3 Å². The summed E-state index contributed by atoms with van der Waals surface area (Å²) < 4.78 is 36.8. The van der Waals surface area contributed by atoms with Crippen LogP contribution in [0, 0.1) is 0 Å². The molecular formula is C12H16ClF3N2O. The van der Waals surface area contributed by atoms with Crippen LogP contribution in [-0.2, 0) is 6.42 Å². The zero-order chi connectivity index (χ0) is 13.8. The summed E-state index contributed by atoms with van der Waals surface area (Å²) in [5.74, 6) is -0.737. The number of nitrogens with one attached hydrogen (secondary N) is 1. The number of amides is 1. The number of halogens is 4. The van der Waals surface area contributed by atoms with Gasteiger partial charge in [0.05, 0.1) is 0 Å². The Morgan fingerprint density at radius 1 is 1.32 bits per heavy atom. The Morgan fingerprint density at radius 2 is 1.84 bits per heavy atom. The first kappa shape index (κ1) is 17.7. The highest BCUT2D eigenvalue weighted by Crippen LogP contribution is 2.19. The van der Waals surface area contributed by atoms with E-state index in [1.54, 1.807) is 12.1 Å². The smallest absolute Gasteiger partial charge is 0.341 e. The van der Waals surface area contributed by atoms with E-state index in [1.165, 1.54) is 12.1 Å². The highest BCUT2D eigenvalue weighted by Gasteiger charge is 2.37. The molecule has 0 fully saturated rings. The molecule has 1 rings (SSSR count). The molecule has 3 nitrogen and oxygen atoms in total. The molecule has 0 heterocycles. The Kier molecular flexibility index (Phi) is 6.86. The number of carbonyl (C=O) groups is 1. The second-order valence-electron chi connectivity index (χ2n) is 3.97. The minimum atomic E-state index is -4.44. The Balaban J connectivity index is 0.00000324. The van der Waals surface area contributed by atoms with E-state index in [2.05, 4.69) is 0 Å². The third kappa shape index (κ3) is 5.48. The lowest BCUT2D eigenvalue weighted by molar-refractivity contribution is -0.149. The molecule has 0 saturated carbocycles. The van der Waals surface area contributed by atoms with Crippen LogP contribution in [0.5, 0.6) is 0 Å². The number of nitrogens with two attached hydrogens (primary N) is 1. The lowest BCUT2D eigenvalue weighted by Gasteiger charge is -2.17. The molecule has 19 heavy (non-hydrogen) atoms. The summed E-state index contributed by atoms with van der Waals surface area (Å²) in [5, 5.41) is 1.90. The number of benzene rings is 1. The molecule has 0 bridgehead atoms. The summed E-state index contributed by atoms with van der Waals surface area (Å²) >= 11 is 0. The van der Waals surface area contributed by atoms with E-state index in [4.69, 9.17) is 5.73 Å². The fourth-order valence-corrected chi connectivity index (χ4v) is 1.35. The topological polar surface area (TPSA) is 55.1 Å². The minimum Gasteiger partial charge on any atom is -0.341 e. The number of carbonyl (C=O) groups excluding carboxylic acids is 1. The molecule has 1 aromatic carbocycles. The summed E-state index contributed by atoms with van der Waals surface area (Å²) in [6.07, 6.45) is -3.77. The molecule has 7 heteroatoms. The second kappa shape index (κ2) is 7.35. The number of hydrogen-bond acceptors (Lipinski definition) is 2. The van der Waals surface area contributed by atoms with Gasteiger partial charge in [0, 0.05) is 5.56 Å². The Bertz CT molecular complexity index is 406. The van der Waals surface area contributed by atoms with Crippen molar-refractivity contribution in [1.29, 1.82) is 0 Å². The van der Waals surface area contributed by atoms with Gasteiger partial charge in [-0.15, -0.1) is 12.4 Å². The van der Waals surface area contributed by atoms with Gasteiger partial charge in [0.15, 0.2) is 0 Å². The Morgan fingerprint density at radius 3 is 2.26 bits per heavy atom. The van der Waals surface area contributed by atoms with Gasteiger partial charge in [0.1, 0.15) is 6.04 Å². The van der Waals surface area contributed by atoms with Crippen LogP contribution in [0.2, 0.25) is 0 Å². The van der Waals surface area contributed by atoms with Crippen LogP contribution in [0.4, 0.5) is 13.2 Å². The molecule has 0 aliphatic carbocycles. The van der Waals surface area contributed by atoms with E-state index in [0.29, 0.717) is 13.0 Å². The first-order chi connectivity index (χ1) is 8.34. The standard InChI is InChI=1S/C12H15F3N2O.ClH/c1-8(12(13,14)15)17-11(18)10-4-2-9(3-5-10)6-7-16;/h2-5,8H,6-7,16H2,1H3,(H,17,18);1H. The lowest BCUT2D eigenvalue weighted by atomic mass is 10.1. The Labute approximate surface area is 115 Å². The Hall–Kier alpha value is -1.27. The molecule has 1 amide bonds. The molecule has 1 aromatic rings. The molecule has 0 saturated heterocycles. The molecule has 0 aliphatic heterocycles. The number of alkyl halides is 3. The van der Waals surface area contributed by atoms with Crippen LogP contribution in [0.1, 0.15) is 22.8 Å². The van der Waals surface area contributed by atoms with Crippen LogP contribution in [0.3, 0.4) is 0 Å². The molecular weight excluding hydrogens is 281 g/mol. The SMILES string of the molecule is CC(NC(=O)c1ccc(CCN)cc1)C(F)(F)F.Cl. The van der Waals surface area contributed by atoms with E-state index in [9.17, 15) is 18.0 Å². The van der Waals surface area contributed by atoms with Gasteiger partial charge in [-0.2, -0.15) is 13.2 Å². The van der Waals surface area contributed by atoms with Crippen molar-refractivity contribution in [1.82, 2.24) is 5.32 Å². The van der Waals surface area contributed by atoms with Gasteiger partial charge >= 0.3 is 6.18 Å². The zero-order valence-electron chi connectivity index (χ0n) is 10.3. The van der Waals surface area contributed by atoms with Crippen molar-refractivity contribution >= 4 is 18.3 Å². The molecule has 3 N–H and O–H groups in total. The maximum absolute atomic E-state index is 12.3. The van der Waals surface area contributed by atoms with Gasteiger partial charge in [0.2, 0.25) is 0 Å². The van der Waals surface area contributed by atoms with Gasteiger partial charge in [-0.25, -0.2) is 0 Å². The molecule has 1 unspecified atom stereocenters. The first-order valence-electron chi connectivity index (χ1n) is 5.51. The van der Waals surface area contributed by atoms with E-state index in [1.807, 2.05) is 5.32 Å². The maximum atomic E-state index is 12.3. The molecule has 0 aliphatic rings. The van der Waals surface area contributed by atoms with Crippen molar-refractivity contribution in [2.45, 2.75) is 25.6 Å². The van der Waals surface area contributed by atoms with Crippen molar-refractivity contribution in [3.63, 3.8) is 0 Å². The van der Waals surface area contributed by atoms with E-state index in [-0.39, 0.29) is 18.0 Å². The summed E-state index contributed by atoms with van der Waals surface area (Å²) in [4.78, 5) is 11.5. The largest absolute Gasteiger partial charge is 0.408 e. The highest BCUT2D eigenvalue weighted by atomic mass is 35.5.